The van der Waals surface area contributed by atoms with Crippen molar-refractivity contribution in [1.29, 1.82) is 0 Å². The van der Waals surface area contributed by atoms with Gasteiger partial charge in [0.15, 0.2) is 0 Å². The predicted octanol–water partition coefficient (Wildman–Crippen LogP) is 1.92. The average Bonchev–Trinajstić information content (AvgIpc) is 3.02. The Labute approximate surface area is 141 Å². The summed E-state index contributed by atoms with van der Waals surface area (Å²) in [5.41, 5.74) is 1.73. The molecule has 0 aromatic carbocycles. The Morgan fingerprint density at radius 2 is 2.04 bits per heavy atom. The van der Waals surface area contributed by atoms with Crippen LogP contribution in [0.15, 0.2) is 24.8 Å². The zero-order chi connectivity index (χ0) is 17.1. The van der Waals surface area contributed by atoms with Gasteiger partial charge in [-0.15, -0.1) is 0 Å². The van der Waals surface area contributed by atoms with E-state index in [-0.39, 0.29) is 12.1 Å². The highest BCUT2D eigenvalue weighted by Crippen LogP contribution is 2.22. The first-order valence-corrected chi connectivity index (χ1v) is 8.09. The first-order valence-electron chi connectivity index (χ1n) is 8.09. The highest BCUT2D eigenvalue weighted by Gasteiger charge is 2.25. The number of anilines is 2. The fourth-order valence-corrected chi connectivity index (χ4v) is 2.81. The maximum atomic E-state index is 12.5. The van der Waals surface area contributed by atoms with Crippen LogP contribution in [0.2, 0.25) is 0 Å². The molecule has 0 aliphatic carbocycles. The molecule has 2 amide bonds. The normalized spacial score (nSPS) is 17.6. The monoisotopic (exact) mass is 329 g/mol. The maximum Gasteiger partial charge on any atom is 0.322 e. The third-order valence-electron chi connectivity index (χ3n) is 4.08. The van der Waals surface area contributed by atoms with Crippen molar-refractivity contribution >= 4 is 17.7 Å². The Morgan fingerprint density at radius 3 is 2.67 bits per heavy atom. The van der Waals surface area contributed by atoms with Crippen LogP contribution in [-0.2, 0) is 0 Å². The number of piperidine rings is 1. The summed E-state index contributed by atoms with van der Waals surface area (Å²) in [5.74, 6) is 0.611. The van der Waals surface area contributed by atoms with Crippen LogP contribution >= 0.6 is 0 Å². The molecule has 2 aromatic heterocycles. The maximum absolute atomic E-state index is 12.5. The molecule has 0 saturated carbocycles. The minimum Gasteiger partial charge on any atom is -0.347 e. The molecule has 3 rings (SSSR count). The van der Waals surface area contributed by atoms with Crippen molar-refractivity contribution in [2.75, 3.05) is 37.4 Å². The van der Waals surface area contributed by atoms with Gasteiger partial charge < -0.3 is 15.1 Å². The van der Waals surface area contributed by atoms with E-state index in [1.54, 1.807) is 12.4 Å². The quantitative estimate of drug-likeness (QED) is 0.930. The molecule has 3 heterocycles. The minimum atomic E-state index is -0.121. The Kier molecular flexibility index (Phi) is 4.64. The number of hydrogen-bond acceptors (Lipinski definition) is 5. The van der Waals surface area contributed by atoms with E-state index in [2.05, 4.69) is 20.4 Å². The van der Waals surface area contributed by atoms with E-state index in [4.69, 9.17) is 0 Å². The fraction of sp³-hybridized carbons (Fsp3) is 0.500. The molecular weight excluding hydrogens is 306 g/mol. The summed E-state index contributed by atoms with van der Waals surface area (Å²) in [6.45, 7) is 3.43. The number of likely N-dealkylation sites (tertiary alicyclic amines) is 1. The number of carbonyl (C=O) groups is 1. The predicted molar refractivity (Wildman–Crippen MR) is 92.2 cm³/mol. The van der Waals surface area contributed by atoms with E-state index >= 15 is 0 Å². The van der Waals surface area contributed by atoms with Crippen molar-refractivity contribution < 1.29 is 4.79 Å². The van der Waals surface area contributed by atoms with Crippen LogP contribution in [0.3, 0.4) is 0 Å². The van der Waals surface area contributed by atoms with Crippen LogP contribution in [-0.4, -0.2) is 57.9 Å². The van der Waals surface area contributed by atoms with Gasteiger partial charge in [0.2, 0.25) is 5.95 Å². The van der Waals surface area contributed by atoms with Crippen molar-refractivity contribution in [3.8, 4) is 0 Å². The van der Waals surface area contributed by atoms with Crippen molar-refractivity contribution in [3.63, 3.8) is 0 Å². The van der Waals surface area contributed by atoms with E-state index in [0.717, 1.165) is 24.9 Å². The summed E-state index contributed by atoms with van der Waals surface area (Å²) in [5, 5.41) is 7.25. The lowest BCUT2D eigenvalue weighted by Gasteiger charge is -2.32. The van der Waals surface area contributed by atoms with Gasteiger partial charge in [-0.1, -0.05) is 0 Å². The number of rotatable bonds is 3. The third-order valence-corrected chi connectivity index (χ3v) is 4.08. The zero-order valence-electron chi connectivity index (χ0n) is 14.3. The van der Waals surface area contributed by atoms with Gasteiger partial charge in [-0.25, -0.2) is 14.8 Å². The van der Waals surface area contributed by atoms with Crippen LogP contribution in [0.25, 0.3) is 0 Å². The highest BCUT2D eigenvalue weighted by molar-refractivity contribution is 5.89. The lowest BCUT2D eigenvalue weighted by Crippen LogP contribution is -2.43. The van der Waals surface area contributed by atoms with Gasteiger partial charge in [0, 0.05) is 33.4 Å². The first-order chi connectivity index (χ1) is 11.5. The molecule has 0 radical (unpaired) electrons. The van der Waals surface area contributed by atoms with Crippen molar-refractivity contribution in [1.82, 2.24) is 24.6 Å². The molecule has 1 fully saturated rings. The first kappa shape index (κ1) is 16.2. The average molecular weight is 329 g/mol. The second kappa shape index (κ2) is 6.86. The smallest absolute Gasteiger partial charge is 0.322 e. The molecule has 8 nitrogen and oxygen atoms in total. The minimum absolute atomic E-state index is 0.121. The Morgan fingerprint density at radius 1 is 1.29 bits per heavy atom. The summed E-state index contributed by atoms with van der Waals surface area (Å²) in [4.78, 5) is 24.5. The molecule has 1 N–H and O–H groups in total. The number of nitrogens with zero attached hydrogens (tertiary/aromatic N) is 6. The molecule has 24 heavy (non-hydrogen) atoms. The number of hydrogen-bond donors (Lipinski definition) is 1. The van der Waals surface area contributed by atoms with Gasteiger partial charge >= 0.3 is 6.03 Å². The Balaban J connectivity index is 1.62. The molecule has 1 saturated heterocycles. The fourth-order valence-electron chi connectivity index (χ4n) is 2.81. The molecule has 1 aliphatic heterocycles. The molecular formula is C16H23N7O. The van der Waals surface area contributed by atoms with E-state index in [0.29, 0.717) is 18.2 Å². The number of amides is 2. The number of urea groups is 1. The largest absolute Gasteiger partial charge is 0.347 e. The Bertz CT molecular complexity index is 695. The SMILES string of the molecule is Cc1cnn(C2CCCN(C(=O)Nc3cnc(N(C)C)nc3)C2)c1. The van der Waals surface area contributed by atoms with Gasteiger partial charge in [0.25, 0.3) is 0 Å². The van der Waals surface area contributed by atoms with Crippen LogP contribution in [0, 0.1) is 6.92 Å². The lowest BCUT2D eigenvalue weighted by atomic mass is 10.1. The van der Waals surface area contributed by atoms with Crippen molar-refractivity contribution in [2.45, 2.75) is 25.8 Å². The second-order valence-electron chi connectivity index (χ2n) is 6.34. The molecule has 0 spiro atoms. The summed E-state index contributed by atoms with van der Waals surface area (Å²) >= 11 is 0. The van der Waals surface area contributed by atoms with Crippen LogP contribution in [0.4, 0.5) is 16.4 Å². The van der Waals surface area contributed by atoms with Crippen molar-refractivity contribution in [3.05, 3.63) is 30.4 Å². The molecule has 8 heteroatoms. The van der Waals surface area contributed by atoms with Crippen molar-refractivity contribution in [2.24, 2.45) is 0 Å². The summed E-state index contributed by atoms with van der Waals surface area (Å²) in [6, 6.07) is 0.107. The lowest BCUT2D eigenvalue weighted by molar-refractivity contribution is 0.174. The molecule has 1 atom stereocenters. The van der Waals surface area contributed by atoms with Crippen LogP contribution in [0.5, 0.6) is 0 Å². The second-order valence-corrected chi connectivity index (χ2v) is 6.34. The Hall–Kier alpha value is -2.64. The highest BCUT2D eigenvalue weighted by atomic mass is 16.2. The molecule has 128 valence electrons. The molecule has 2 aromatic rings. The summed E-state index contributed by atoms with van der Waals surface area (Å²) in [6.07, 6.45) is 9.12. The van der Waals surface area contributed by atoms with E-state index in [1.807, 2.05) is 47.9 Å². The van der Waals surface area contributed by atoms with Crippen LogP contribution < -0.4 is 10.2 Å². The van der Waals surface area contributed by atoms with Gasteiger partial charge in [-0.05, 0) is 25.3 Å². The van der Waals surface area contributed by atoms with E-state index in [9.17, 15) is 4.79 Å². The number of carbonyl (C=O) groups excluding carboxylic acids is 1. The topological polar surface area (TPSA) is 79.2 Å². The molecule has 1 unspecified atom stereocenters. The van der Waals surface area contributed by atoms with Gasteiger partial charge in [-0.2, -0.15) is 5.10 Å². The molecule has 0 bridgehead atoms. The van der Waals surface area contributed by atoms with Gasteiger partial charge in [-0.3, -0.25) is 4.68 Å². The number of aryl methyl sites for hydroxylation is 1. The standard InChI is InChI=1S/C16H23N7O/c1-12-7-19-23(10-12)14-5-4-6-22(11-14)16(24)20-13-8-17-15(18-9-13)21(2)3/h7-10,14H,4-6,11H2,1-3H3,(H,20,24). The van der Waals surface area contributed by atoms with Crippen LogP contribution in [0.1, 0.15) is 24.4 Å². The van der Waals surface area contributed by atoms with Gasteiger partial charge in [0.05, 0.1) is 30.3 Å². The zero-order valence-corrected chi connectivity index (χ0v) is 14.3. The number of nitrogens with one attached hydrogen (secondary N) is 1. The van der Waals surface area contributed by atoms with Gasteiger partial charge in [0.1, 0.15) is 0 Å². The number of aromatic nitrogens is 4. The molecule has 1 aliphatic rings. The van der Waals surface area contributed by atoms with E-state index in [1.165, 1.54) is 0 Å². The summed E-state index contributed by atoms with van der Waals surface area (Å²) in [7, 11) is 3.75. The third kappa shape index (κ3) is 3.64. The van der Waals surface area contributed by atoms with E-state index < -0.39 is 0 Å². The summed E-state index contributed by atoms with van der Waals surface area (Å²) < 4.78 is 1.96.